The monoisotopic (exact) mass is 1310 g/mol. The van der Waals surface area contributed by atoms with Crippen LogP contribution in [0.15, 0.2) is 251 Å². The van der Waals surface area contributed by atoms with E-state index in [1.165, 1.54) is 130 Å². The van der Waals surface area contributed by atoms with Gasteiger partial charge >= 0.3 is 0 Å². The van der Waals surface area contributed by atoms with Gasteiger partial charge in [0.25, 0.3) is 0 Å². The average molecular weight is 1310 g/mol. The standard InChI is InChI=1S/C94H68N6O2/c1-3-13-56(14-4-1)87-95-89(98-90(96-87)62-26-30-70-73-33-22-55-12-7-8-17-68(55)85(73)93(78(70)48-62)64-38-51-36-52(40-64)41-65(93)39-51)61-28-35-81-77(47-61)72-32-24-59(50-83(72)102-81)58-23-29-69-60(46-58)25-34-74-71-31-27-63(49-79(71)94(86(69)74)66-42-53-37-54(44-66)45-67(94)43-53)91-97-88(57-15-5-2-6-16-57)99-92(100-91)76-19-11-21-82-84(76)75-18-9-10-20-80(75)101-82/h1-35,46-54,64-67H,36-45H2. The second-order valence-electron chi connectivity index (χ2n) is 31.6. The van der Waals surface area contributed by atoms with Crippen molar-refractivity contribution >= 4 is 65.4 Å². The lowest BCUT2D eigenvalue weighted by atomic mass is 9.43. The Balaban J connectivity index is 0.598. The van der Waals surface area contributed by atoms with Crippen molar-refractivity contribution < 1.29 is 8.83 Å². The van der Waals surface area contributed by atoms with E-state index >= 15 is 0 Å². The second kappa shape index (κ2) is 20.7. The van der Waals surface area contributed by atoms with Crippen molar-refractivity contribution in [3.63, 3.8) is 0 Å². The van der Waals surface area contributed by atoms with Crippen LogP contribution in [0.1, 0.15) is 86.5 Å². The van der Waals surface area contributed by atoms with Crippen LogP contribution in [0.25, 0.3) is 167 Å². The lowest BCUT2D eigenvalue weighted by Gasteiger charge is -2.61. The molecule has 10 aliphatic carbocycles. The van der Waals surface area contributed by atoms with Gasteiger partial charge in [0.15, 0.2) is 34.9 Å². The molecule has 0 aliphatic heterocycles. The zero-order valence-electron chi connectivity index (χ0n) is 56.3. The van der Waals surface area contributed by atoms with Gasteiger partial charge in [-0.05, 0) is 249 Å². The minimum atomic E-state index is -0.130. The molecule has 0 unspecified atom stereocenters. The first kappa shape index (κ1) is 56.5. The minimum absolute atomic E-state index is 0.0260. The molecule has 8 heteroatoms. The van der Waals surface area contributed by atoms with Crippen LogP contribution in [0.5, 0.6) is 0 Å². The maximum absolute atomic E-state index is 6.86. The van der Waals surface area contributed by atoms with Gasteiger partial charge in [-0.2, -0.15) is 0 Å². The molecular weight excluding hydrogens is 1250 g/mol. The average Bonchev–Trinajstić information content (AvgIpc) is 1.49. The third-order valence-electron chi connectivity index (χ3n) is 26.7. The number of hydrogen-bond acceptors (Lipinski definition) is 8. The normalized spacial score (nSPS) is 24.4. The summed E-state index contributed by atoms with van der Waals surface area (Å²) in [6.07, 6.45) is 13.2. The Morgan fingerprint density at radius 1 is 0.245 bits per heavy atom. The zero-order valence-corrected chi connectivity index (χ0v) is 56.3. The van der Waals surface area contributed by atoms with Crippen LogP contribution in [0.3, 0.4) is 0 Å². The maximum atomic E-state index is 6.86. The molecule has 4 heterocycles. The quantitative estimate of drug-likeness (QED) is 0.155. The van der Waals surface area contributed by atoms with E-state index in [1.807, 2.05) is 30.3 Å². The van der Waals surface area contributed by atoms with E-state index in [-0.39, 0.29) is 10.8 Å². The third kappa shape index (κ3) is 7.82. The summed E-state index contributed by atoms with van der Waals surface area (Å²) in [6.45, 7) is 0. The summed E-state index contributed by atoms with van der Waals surface area (Å²) in [6, 6.07) is 89.0. The number of benzene rings is 12. The molecule has 16 aromatic rings. The van der Waals surface area contributed by atoms with Crippen molar-refractivity contribution in [2.75, 3.05) is 0 Å². The van der Waals surface area contributed by atoms with E-state index < -0.39 is 0 Å². The van der Waals surface area contributed by atoms with Crippen LogP contribution in [0.4, 0.5) is 0 Å². The van der Waals surface area contributed by atoms with Crippen molar-refractivity contribution in [2.45, 2.75) is 75.0 Å². The molecule has 26 rings (SSSR count). The molecule has 0 radical (unpaired) electrons. The molecule has 10 aliphatic rings. The van der Waals surface area contributed by atoms with E-state index in [0.717, 1.165) is 106 Å². The fourth-order valence-corrected chi connectivity index (χ4v) is 23.2. The summed E-state index contributed by atoms with van der Waals surface area (Å²) >= 11 is 0. The first-order valence-electron chi connectivity index (χ1n) is 37.3. The molecule has 0 N–H and O–H groups in total. The smallest absolute Gasteiger partial charge is 0.164 e. The van der Waals surface area contributed by atoms with Crippen LogP contribution in [0, 0.1) is 47.3 Å². The van der Waals surface area contributed by atoms with Gasteiger partial charge in [-0.15, -0.1) is 0 Å². The lowest BCUT2D eigenvalue weighted by molar-refractivity contribution is -0.0393. The van der Waals surface area contributed by atoms with Gasteiger partial charge in [0.05, 0.1) is 0 Å². The highest BCUT2D eigenvalue weighted by molar-refractivity contribution is 6.12. The Bertz CT molecular complexity index is 6270. The van der Waals surface area contributed by atoms with Crippen LogP contribution < -0.4 is 0 Å². The summed E-state index contributed by atoms with van der Waals surface area (Å²) in [4.78, 5) is 32.2. The zero-order chi connectivity index (χ0) is 66.3. The van der Waals surface area contributed by atoms with Gasteiger partial charge in [-0.25, -0.2) is 29.9 Å². The molecule has 8 bridgehead atoms. The number of furan rings is 2. The van der Waals surface area contributed by atoms with Gasteiger partial charge in [0.1, 0.15) is 22.3 Å². The predicted octanol–water partition coefficient (Wildman–Crippen LogP) is 23.3. The third-order valence-corrected chi connectivity index (χ3v) is 26.7. The largest absolute Gasteiger partial charge is 0.456 e. The summed E-state index contributed by atoms with van der Waals surface area (Å²) in [7, 11) is 0. The van der Waals surface area contributed by atoms with Crippen LogP contribution in [-0.2, 0) is 10.8 Å². The van der Waals surface area contributed by atoms with Crippen molar-refractivity contribution in [3.05, 3.63) is 265 Å². The Kier molecular flexibility index (Phi) is 11.5. The molecule has 12 aromatic carbocycles. The molecule has 8 saturated carbocycles. The highest BCUT2D eigenvalue weighted by Gasteiger charge is 2.64. The van der Waals surface area contributed by atoms with Gasteiger partial charge in [-0.1, -0.05) is 182 Å². The summed E-state index contributed by atoms with van der Waals surface area (Å²) in [5.74, 6) is 9.62. The minimum Gasteiger partial charge on any atom is -0.456 e. The SMILES string of the molecule is c1ccc(-c2nc(-c3ccc4c(c3)C3(c5c-4ccc4ccccc54)C4CC5CC(C4)CC3C5)nc(-c3ccc4oc5cc(-c6ccc7c8c(ccc7c6)-c6ccc(-c7nc(-c9ccccc9)nc(-c9cccc%10oc%11ccccc%11c9%10)n7)cc6C86C7CC8CC(C7)CC6C8)ccc5c4c3)n2)cc1. The molecule has 0 atom stereocenters. The van der Waals surface area contributed by atoms with Gasteiger partial charge in [0.2, 0.25) is 0 Å². The number of para-hydroxylation sites is 1. The summed E-state index contributed by atoms with van der Waals surface area (Å²) in [5.41, 5.74) is 23.0. The predicted molar refractivity (Wildman–Crippen MR) is 407 cm³/mol. The highest BCUT2D eigenvalue weighted by atomic mass is 16.3. The molecule has 8 nitrogen and oxygen atoms in total. The Labute approximate surface area is 589 Å². The first-order valence-corrected chi connectivity index (χ1v) is 37.3. The Morgan fingerprint density at radius 2 is 0.676 bits per heavy atom. The highest BCUT2D eigenvalue weighted by Crippen LogP contribution is 2.72. The first-order chi connectivity index (χ1) is 50.4. The number of nitrogens with zero attached hydrogens (tertiary/aromatic N) is 6. The molecule has 102 heavy (non-hydrogen) atoms. The summed E-state index contributed by atoms with van der Waals surface area (Å²) in [5, 5.41) is 9.58. The molecule has 0 saturated heterocycles. The molecule has 0 amide bonds. The van der Waals surface area contributed by atoms with E-state index in [4.69, 9.17) is 38.7 Å². The number of hydrogen-bond donors (Lipinski definition) is 0. The van der Waals surface area contributed by atoms with E-state index in [9.17, 15) is 0 Å². The lowest BCUT2D eigenvalue weighted by Crippen LogP contribution is -2.55. The van der Waals surface area contributed by atoms with Crippen molar-refractivity contribution in [1.82, 2.24) is 29.9 Å². The van der Waals surface area contributed by atoms with Crippen molar-refractivity contribution in [2.24, 2.45) is 47.3 Å². The molecule has 4 aromatic heterocycles. The van der Waals surface area contributed by atoms with E-state index in [1.54, 1.807) is 5.56 Å². The van der Waals surface area contributed by atoms with Crippen LogP contribution >= 0.6 is 0 Å². The number of aromatic nitrogens is 6. The molecular formula is C94H68N6O2. The Morgan fingerprint density at radius 3 is 1.27 bits per heavy atom. The van der Waals surface area contributed by atoms with Crippen LogP contribution in [-0.4, -0.2) is 29.9 Å². The van der Waals surface area contributed by atoms with Gasteiger partial charge in [-0.3, -0.25) is 0 Å². The van der Waals surface area contributed by atoms with E-state index in [0.29, 0.717) is 58.6 Å². The van der Waals surface area contributed by atoms with Crippen molar-refractivity contribution in [1.29, 1.82) is 0 Å². The van der Waals surface area contributed by atoms with Gasteiger partial charge < -0.3 is 8.83 Å². The molecule has 486 valence electrons. The number of fused-ring (bicyclic) bond motifs is 16. The topological polar surface area (TPSA) is 104 Å². The van der Waals surface area contributed by atoms with Crippen molar-refractivity contribution in [3.8, 4) is 102 Å². The molecule has 2 spiro atoms. The van der Waals surface area contributed by atoms with E-state index in [2.05, 4.69) is 212 Å². The maximum Gasteiger partial charge on any atom is 0.164 e. The van der Waals surface area contributed by atoms with Crippen LogP contribution in [0.2, 0.25) is 0 Å². The fraction of sp³-hybridized carbons (Fsp3) is 0.213. The van der Waals surface area contributed by atoms with Gasteiger partial charge in [0, 0.05) is 65.8 Å². The second-order valence-corrected chi connectivity index (χ2v) is 31.6. The Hall–Kier alpha value is -11.2. The number of rotatable bonds is 7. The fourth-order valence-electron chi connectivity index (χ4n) is 23.2. The molecule has 8 fully saturated rings. The summed E-state index contributed by atoms with van der Waals surface area (Å²) < 4.78 is 13.3.